The molecule has 1 amide bonds. The summed E-state index contributed by atoms with van der Waals surface area (Å²) in [4.78, 5) is 11.5. The number of amides is 1. The Morgan fingerprint density at radius 1 is 1.47 bits per heavy atom. The molecule has 3 heteroatoms. The highest BCUT2D eigenvalue weighted by Crippen LogP contribution is 2.07. The van der Waals surface area contributed by atoms with E-state index in [1.54, 1.807) is 18.2 Å². The van der Waals surface area contributed by atoms with E-state index in [0.717, 1.165) is 5.56 Å². The lowest BCUT2D eigenvalue weighted by Gasteiger charge is -2.08. The molecule has 1 aromatic rings. The minimum Gasteiger partial charge on any atom is -0.354 e. The standard InChI is InChI=1S/C12H14N2O/c1-9(2)14-12(15)7-10-5-3-4-6-11(10)8-13/h3-6,9H,7H2,1-2H3,(H,14,15). The lowest BCUT2D eigenvalue weighted by molar-refractivity contribution is -0.120. The van der Waals surface area contributed by atoms with E-state index in [-0.39, 0.29) is 18.4 Å². The smallest absolute Gasteiger partial charge is 0.224 e. The summed E-state index contributed by atoms with van der Waals surface area (Å²) in [5.41, 5.74) is 1.34. The van der Waals surface area contributed by atoms with Gasteiger partial charge < -0.3 is 5.32 Å². The molecule has 0 saturated heterocycles. The maximum atomic E-state index is 11.5. The predicted octanol–water partition coefficient (Wildman–Crippen LogP) is 1.63. The number of hydrogen-bond donors (Lipinski definition) is 1. The van der Waals surface area contributed by atoms with Crippen LogP contribution in [0.1, 0.15) is 25.0 Å². The number of rotatable bonds is 3. The third-order valence-electron chi connectivity index (χ3n) is 1.94. The fraction of sp³-hybridized carbons (Fsp3) is 0.333. The third kappa shape index (κ3) is 3.43. The average Bonchev–Trinajstić information content (AvgIpc) is 2.17. The summed E-state index contributed by atoms with van der Waals surface area (Å²) in [6, 6.07) is 9.36. The molecule has 1 N–H and O–H groups in total. The molecule has 78 valence electrons. The molecule has 0 aliphatic rings. The van der Waals surface area contributed by atoms with E-state index in [1.165, 1.54) is 0 Å². The zero-order valence-electron chi connectivity index (χ0n) is 8.95. The number of hydrogen-bond acceptors (Lipinski definition) is 2. The van der Waals surface area contributed by atoms with Crippen LogP contribution in [0.25, 0.3) is 0 Å². The van der Waals surface area contributed by atoms with Crippen molar-refractivity contribution < 1.29 is 4.79 Å². The Kier molecular flexibility index (Phi) is 3.87. The monoisotopic (exact) mass is 202 g/mol. The van der Waals surface area contributed by atoms with Gasteiger partial charge >= 0.3 is 0 Å². The minimum absolute atomic E-state index is 0.0484. The van der Waals surface area contributed by atoms with Gasteiger partial charge in [-0.3, -0.25) is 4.79 Å². The van der Waals surface area contributed by atoms with Crippen molar-refractivity contribution in [2.24, 2.45) is 0 Å². The van der Waals surface area contributed by atoms with Gasteiger partial charge in [0, 0.05) is 6.04 Å². The molecule has 0 fully saturated rings. The molecule has 1 rings (SSSR count). The van der Waals surface area contributed by atoms with Gasteiger partial charge in [0.2, 0.25) is 5.91 Å². The van der Waals surface area contributed by atoms with Crippen LogP contribution in [0.3, 0.4) is 0 Å². The fourth-order valence-electron chi connectivity index (χ4n) is 1.33. The molecular formula is C12H14N2O. The normalized spacial score (nSPS) is 9.73. The Bertz CT molecular complexity index is 391. The molecule has 0 radical (unpaired) electrons. The van der Waals surface area contributed by atoms with Crippen LogP contribution in [0.2, 0.25) is 0 Å². The van der Waals surface area contributed by atoms with Crippen LogP contribution in [0.15, 0.2) is 24.3 Å². The Balaban J connectivity index is 2.73. The molecule has 0 aliphatic heterocycles. The quantitative estimate of drug-likeness (QED) is 0.809. The lowest BCUT2D eigenvalue weighted by atomic mass is 10.1. The Morgan fingerprint density at radius 3 is 2.73 bits per heavy atom. The third-order valence-corrected chi connectivity index (χ3v) is 1.94. The number of benzene rings is 1. The van der Waals surface area contributed by atoms with Crippen LogP contribution in [-0.2, 0) is 11.2 Å². The number of nitriles is 1. The molecule has 0 bridgehead atoms. The highest BCUT2D eigenvalue weighted by atomic mass is 16.1. The summed E-state index contributed by atoms with van der Waals surface area (Å²) >= 11 is 0. The van der Waals surface area contributed by atoms with E-state index in [0.29, 0.717) is 5.56 Å². The molecule has 0 spiro atoms. The Hall–Kier alpha value is -1.82. The summed E-state index contributed by atoms with van der Waals surface area (Å²) in [6.07, 6.45) is 0.266. The summed E-state index contributed by atoms with van der Waals surface area (Å²) < 4.78 is 0. The van der Waals surface area contributed by atoms with Gasteiger partial charge in [0.1, 0.15) is 0 Å². The first-order valence-electron chi connectivity index (χ1n) is 4.91. The number of carbonyl (C=O) groups is 1. The van der Waals surface area contributed by atoms with Crippen LogP contribution in [0, 0.1) is 11.3 Å². The molecule has 3 nitrogen and oxygen atoms in total. The molecule has 0 unspecified atom stereocenters. The van der Waals surface area contributed by atoms with Crippen LogP contribution in [0.5, 0.6) is 0 Å². The molecule has 0 saturated carbocycles. The average molecular weight is 202 g/mol. The highest BCUT2D eigenvalue weighted by Gasteiger charge is 2.07. The first-order chi connectivity index (χ1) is 7.13. The van der Waals surface area contributed by atoms with Crippen LogP contribution in [-0.4, -0.2) is 11.9 Å². The first kappa shape index (κ1) is 11.3. The van der Waals surface area contributed by atoms with Crippen molar-refractivity contribution in [3.05, 3.63) is 35.4 Å². The second-order valence-corrected chi connectivity index (χ2v) is 3.67. The molecule has 0 aliphatic carbocycles. The maximum Gasteiger partial charge on any atom is 0.224 e. The van der Waals surface area contributed by atoms with Crippen molar-refractivity contribution in [2.45, 2.75) is 26.3 Å². The topological polar surface area (TPSA) is 52.9 Å². The van der Waals surface area contributed by atoms with Gasteiger partial charge in [0.15, 0.2) is 0 Å². The van der Waals surface area contributed by atoms with Crippen molar-refractivity contribution in [3.8, 4) is 6.07 Å². The fourth-order valence-corrected chi connectivity index (χ4v) is 1.33. The van der Waals surface area contributed by atoms with Gasteiger partial charge in [0.25, 0.3) is 0 Å². The van der Waals surface area contributed by atoms with Crippen LogP contribution < -0.4 is 5.32 Å². The Morgan fingerprint density at radius 2 is 2.13 bits per heavy atom. The summed E-state index contributed by atoms with van der Waals surface area (Å²) in [5.74, 6) is -0.0484. The lowest BCUT2D eigenvalue weighted by Crippen LogP contribution is -2.31. The number of carbonyl (C=O) groups excluding carboxylic acids is 1. The van der Waals surface area contributed by atoms with Crippen molar-refractivity contribution in [2.75, 3.05) is 0 Å². The second-order valence-electron chi connectivity index (χ2n) is 3.67. The van der Waals surface area contributed by atoms with Gasteiger partial charge in [-0.25, -0.2) is 0 Å². The largest absolute Gasteiger partial charge is 0.354 e. The minimum atomic E-state index is -0.0484. The number of nitrogens with zero attached hydrogens (tertiary/aromatic N) is 1. The van der Waals surface area contributed by atoms with Crippen LogP contribution >= 0.6 is 0 Å². The summed E-state index contributed by atoms with van der Waals surface area (Å²) in [6.45, 7) is 3.82. The van der Waals surface area contributed by atoms with Crippen molar-refractivity contribution in [3.63, 3.8) is 0 Å². The van der Waals surface area contributed by atoms with E-state index < -0.39 is 0 Å². The van der Waals surface area contributed by atoms with E-state index in [4.69, 9.17) is 5.26 Å². The first-order valence-corrected chi connectivity index (χ1v) is 4.91. The molecule has 1 aromatic carbocycles. The van der Waals surface area contributed by atoms with E-state index in [9.17, 15) is 4.79 Å². The summed E-state index contributed by atoms with van der Waals surface area (Å²) in [5, 5.41) is 11.6. The van der Waals surface area contributed by atoms with Crippen LogP contribution in [0.4, 0.5) is 0 Å². The van der Waals surface area contributed by atoms with E-state index >= 15 is 0 Å². The van der Waals surface area contributed by atoms with Gasteiger partial charge in [-0.05, 0) is 25.5 Å². The second kappa shape index (κ2) is 5.16. The zero-order valence-corrected chi connectivity index (χ0v) is 8.95. The van der Waals surface area contributed by atoms with Gasteiger partial charge in [-0.2, -0.15) is 5.26 Å². The zero-order chi connectivity index (χ0) is 11.3. The molecule has 0 aromatic heterocycles. The SMILES string of the molecule is CC(C)NC(=O)Cc1ccccc1C#N. The van der Waals surface area contributed by atoms with Gasteiger partial charge in [-0.15, -0.1) is 0 Å². The summed E-state index contributed by atoms with van der Waals surface area (Å²) in [7, 11) is 0. The Labute approximate surface area is 89.7 Å². The molecular weight excluding hydrogens is 188 g/mol. The molecule has 15 heavy (non-hydrogen) atoms. The highest BCUT2D eigenvalue weighted by molar-refractivity contribution is 5.79. The van der Waals surface area contributed by atoms with Crippen molar-refractivity contribution in [1.82, 2.24) is 5.32 Å². The van der Waals surface area contributed by atoms with Gasteiger partial charge in [0.05, 0.1) is 18.1 Å². The maximum absolute atomic E-state index is 11.5. The number of nitrogens with one attached hydrogen (secondary N) is 1. The predicted molar refractivity (Wildman–Crippen MR) is 58.1 cm³/mol. The van der Waals surface area contributed by atoms with E-state index in [2.05, 4.69) is 11.4 Å². The molecule has 0 atom stereocenters. The molecule has 0 heterocycles. The van der Waals surface area contributed by atoms with E-state index in [1.807, 2.05) is 19.9 Å². The van der Waals surface area contributed by atoms with Crippen molar-refractivity contribution >= 4 is 5.91 Å². The van der Waals surface area contributed by atoms with Crippen molar-refractivity contribution in [1.29, 1.82) is 5.26 Å². The van der Waals surface area contributed by atoms with Gasteiger partial charge in [-0.1, -0.05) is 18.2 Å².